The van der Waals surface area contributed by atoms with Crippen LogP contribution in [0.2, 0.25) is 5.02 Å². The van der Waals surface area contributed by atoms with Gasteiger partial charge >= 0.3 is 5.97 Å². The highest BCUT2D eigenvalue weighted by Gasteiger charge is 2.23. The molecule has 30 heavy (non-hydrogen) atoms. The summed E-state index contributed by atoms with van der Waals surface area (Å²) in [6.45, 7) is 1.75. The van der Waals surface area contributed by atoms with E-state index in [-0.39, 0.29) is 5.56 Å². The summed E-state index contributed by atoms with van der Waals surface area (Å²) in [5, 5.41) is 16.4. The van der Waals surface area contributed by atoms with Crippen molar-refractivity contribution in [2.75, 3.05) is 29.6 Å². The zero-order valence-corrected chi connectivity index (χ0v) is 17.6. The fourth-order valence-electron chi connectivity index (χ4n) is 3.39. The molecule has 0 amide bonds. The topological polar surface area (TPSA) is 73.8 Å². The van der Waals surface area contributed by atoms with Crippen molar-refractivity contribution in [1.29, 1.82) is 0 Å². The van der Waals surface area contributed by atoms with Crippen molar-refractivity contribution in [1.82, 2.24) is 0 Å². The van der Waals surface area contributed by atoms with Gasteiger partial charge in [0, 0.05) is 25.3 Å². The van der Waals surface area contributed by atoms with Gasteiger partial charge in [0.05, 0.1) is 22.0 Å². The molecule has 1 aliphatic rings. The summed E-state index contributed by atoms with van der Waals surface area (Å²) in [5.41, 5.74) is 5.63. The molecule has 1 unspecified atom stereocenters. The molecule has 0 saturated heterocycles. The fraction of sp³-hybridized carbons (Fsp3) is 0.174. The van der Waals surface area contributed by atoms with Crippen LogP contribution in [0.3, 0.4) is 0 Å². The normalized spacial score (nSPS) is 14.5. The number of carboxylic acid groups (broad SMARTS) is 1. The molecular formula is C23H22ClN3O3. The van der Waals surface area contributed by atoms with E-state index in [1.54, 1.807) is 19.1 Å². The van der Waals surface area contributed by atoms with E-state index >= 15 is 0 Å². The molecule has 154 valence electrons. The summed E-state index contributed by atoms with van der Waals surface area (Å²) < 4.78 is 5.90. The standard InChI is InChI=1S/C23H22ClN3O3/c1-13-4-9-16(10-17(13)22(28)29)30-23-25-20-11-18(19(24)12-21(20)26-23)14-5-7-15(8-6-14)27(2)3/h4-12,23,25-26H,1-3H3,(H,28,29). The molecule has 7 heteroatoms. The molecule has 0 aliphatic carbocycles. The lowest BCUT2D eigenvalue weighted by Gasteiger charge is -2.15. The lowest BCUT2D eigenvalue weighted by molar-refractivity contribution is 0.0695. The van der Waals surface area contributed by atoms with Gasteiger partial charge in [-0.3, -0.25) is 0 Å². The van der Waals surface area contributed by atoms with Gasteiger partial charge in [0.15, 0.2) is 0 Å². The highest BCUT2D eigenvalue weighted by atomic mass is 35.5. The summed E-state index contributed by atoms with van der Waals surface area (Å²) in [4.78, 5) is 13.4. The summed E-state index contributed by atoms with van der Waals surface area (Å²) in [6.07, 6.45) is -0.535. The van der Waals surface area contributed by atoms with Crippen LogP contribution in [0.4, 0.5) is 17.1 Å². The van der Waals surface area contributed by atoms with Crippen molar-refractivity contribution >= 4 is 34.6 Å². The lowest BCUT2D eigenvalue weighted by Crippen LogP contribution is -2.29. The number of carbonyl (C=O) groups is 1. The number of hydrogen-bond donors (Lipinski definition) is 3. The summed E-state index contributed by atoms with van der Waals surface area (Å²) in [5.74, 6) is -0.522. The number of hydrogen-bond acceptors (Lipinski definition) is 5. The Balaban J connectivity index is 1.55. The molecule has 0 aromatic heterocycles. The number of benzene rings is 3. The van der Waals surface area contributed by atoms with Crippen molar-refractivity contribution < 1.29 is 14.6 Å². The Morgan fingerprint density at radius 3 is 2.33 bits per heavy atom. The van der Waals surface area contributed by atoms with E-state index < -0.39 is 12.3 Å². The van der Waals surface area contributed by atoms with Crippen molar-refractivity contribution in [3.63, 3.8) is 0 Å². The zero-order chi connectivity index (χ0) is 21.4. The predicted molar refractivity (Wildman–Crippen MR) is 121 cm³/mol. The van der Waals surface area contributed by atoms with Gasteiger partial charge in [-0.2, -0.15) is 0 Å². The number of ether oxygens (including phenoxy) is 1. The van der Waals surface area contributed by atoms with E-state index in [0.717, 1.165) is 28.2 Å². The van der Waals surface area contributed by atoms with Crippen molar-refractivity contribution in [2.24, 2.45) is 0 Å². The second kappa shape index (κ2) is 7.80. The first-order valence-corrected chi connectivity index (χ1v) is 9.84. The minimum Gasteiger partial charge on any atom is -0.478 e. The maximum Gasteiger partial charge on any atom is 0.336 e. The average molecular weight is 424 g/mol. The minimum absolute atomic E-state index is 0.217. The highest BCUT2D eigenvalue weighted by molar-refractivity contribution is 6.34. The van der Waals surface area contributed by atoms with Crippen molar-refractivity contribution in [3.05, 3.63) is 70.7 Å². The zero-order valence-electron chi connectivity index (χ0n) is 16.9. The maximum atomic E-state index is 11.4. The number of halogens is 1. The Kier molecular flexibility index (Phi) is 5.18. The van der Waals surface area contributed by atoms with Gasteiger partial charge < -0.3 is 25.4 Å². The van der Waals surface area contributed by atoms with Gasteiger partial charge in [-0.1, -0.05) is 29.8 Å². The van der Waals surface area contributed by atoms with E-state index in [1.807, 2.05) is 55.4 Å². The van der Waals surface area contributed by atoms with Gasteiger partial charge in [0.2, 0.25) is 6.35 Å². The number of nitrogens with zero attached hydrogens (tertiary/aromatic N) is 1. The largest absolute Gasteiger partial charge is 0.478 e. The van der Waals surface area contributed by atoms with E-state index in [4.69, 9.17) is 16.3 Å². The Labute approximate surface area is 180 Å². The van der Waals surface area contributed by atoms with Gasteiger partial charge in [0.1, 0.15) is 5.75 Å². The molecular weight excluding hydrogens is 402 g/mol. The molecule has 3 aromatic rings. The molecule has 3 N–H and O–H groups in total. The number of aryl methyl sites for hydroxylation is 1. The number of nitrogens with one attached hydrogen (secondary N) is 2. The number of carboxylic acids is 1. The molecule has 1 aliphatic heterocycles. The molecule has 0 bridgehead atoms. The molecule has 1 heterocycles. The van der Waals surface area contributed by atoms with Crippen LogP contribution in [0.1, 0.15) is 15.9 Å². The quantitative estimate of drug-likeness (QED) is 0.518. The van der Waals surface area contributed by atoms with Crippen LogP contribution in [0, 0.1) is 6.92 Å². The first-order valence-electron chi connectivity index (χ1n) is 9.47. The smallest absolute Gasteiger partial charge is 0.336 e. The second-order valence-electron chi connectivity index (χ2n) is 7.39. The molecule has 6 nitrogen and oxygen atoms in total. The fourth-order valence-corrected chi connectivity index (χ4v) is 3.66. The van der Waals surface area contributed by atoms with Crippen LogP contribution in [0.25, 0.3) is 11.1 Å². The molecule has 4 rings (SSSR count). The van der Waals surface area contributed by atoms with Gasteiger partial charge in [0.25, 0.3) is 0 Å². The van der Waals surface area contributed by atoms with Crippen molar-refractivity contribution in [2.45, 2.75) is 13.3 Å². The van der Waals surface area contributed by atoms with Crippen LogP contribution in [0.15, 0.2) is 54.6 Å². The predicted octanol–water partition coefficient (Wildman–Crippen LogP) is 5.28. The molecule has 0 fully saturated rings. The van der Waals surface area contributed by atoms with Gasteiger partial charge in [-0.05, 0) is 54.4 Å². The Hall–Kier alpha value is -3.38. The number of anilines is 3. The average Bonchev–Trinajstić information content (AvgIpc) is 3.09. The van der Waals surface area contributed by atoms with Crippen LogP contribution >= 0.6 is 11.6 Å². The highest BCUT2D eigenvalue weighted by Crippen LogP contribution is 2.39. The van der Waals surface area contributed by atoms with Crippen LogP contribution in [-0.4, -0.2) is 31.5 Å². The van der Waals surface area contributed by atoms with Crippen LogP contribution in [0.5, 0.6) is 5.75 Å². The van der Waals surface area contributed by atoms with Gasteiger partial charge in [-0.15, -0.1) is 0 Å². The summed E-state index contributed by atoms with van der Waals surface area (Å²) in [7, 11) is 4.00. The minimum atomic E-state index is -0.981. The molecule has 0 saturated carbocycles. The second-order valence-corrected chi connectivity index (χ2v) is 7.79. The van der Waals surface area contributed by atoms with E-state index in [9.17, 15) is 9.90 Å². The Bertz CT molecular complexity index is 1110. The maximum absolute atomic E-state index is 11.4. The van der Waals surface area contributed by atoms with E-state index in [0.29, 0.717) is 16.3 Å². The van der Waals surface area contributed by atoms with E-state index in [2.05, 4.69) is 10.6 Å². The summed E-state index contributed by atoms with van der Waals surface area (Å²) >= 11 is 6.54. The summed E-state index contributed by atoms with van der Waals surface area (Å²) in [6, 6.07) is 17.0. The third-order valence-electron chi connectivity index (χ3n) is 5.07. The Morgan fingerprint density at radius 2 is 1.70 bits per heavy atom. The monoisotopic (exact) mass is 423 g/mol. The first kappa shape index (κ1) is 19.9. The van der Waals surface area contributed by atoms with Crippen LogP contribution in [-0.2, 0) is 0 Å². The Morgan fingerprint density at radius 1 is 1.03 bits per heavy atom. The third kappa shape index (κ3) is 3.86. The molecule has 1 atom stereocenters. The van der Waals surface area contributed by atoms with Crippen molar-refractivity contribution in [3.8, 4) is 16.9 Å². The van der Waals surface area contributed by atoms with Gasteiger partial charge in [-0.25, -0.2) is 4.79 Å². The number of aromatic carboxylic acids is 1. The third-order valence-corrected chi connectivity index (χ3v) is 5.38. The molecule has 0 spiro atoms. The first-order chi connectivity index (χ1) is 14.3. The van der Waals surface area contributed by atoms with Crippen LogP contribution < -0.4 is 20.3 Å². The SMILES string of the molecule is Cc1ccc(OC2Nc3cc(Cl)c(-c4ccc(N(C)C)cc4)cc3N2)cc1C(=O)O. The number of fused-ring (bicyclic) bond motifs is 1. The van der Waals surface area contributed by atoms with E-state index in [1.165, 1.54) is 6.07 Å². The lowest BCUT2D eigenvalue weighted by atomic mass is 10.0. The number of rotatable bonds is 5. The molecule has 3 aromatic carbocycles. The molecule has 0 radical (unpaired) electrons.